The van der Waals surface area contributed by atoms with Crippen LogP contribution in [0.1, 0.15) is 25.7 Å². The lowest BCUT2D eigenvalue weighted by Gasteiger charge is -2.34. The zero-order valence-corrected chi connectivity index (χ0v) is 14.6. The zero-order valence-electron chi connectivity index (χ0n) is 13.8. The van der Waals surface area contributed by atoms with Crippen LogP contribution < -0.4 is 10.6 Å². The standard InChI is InChI=1S/C16H31N3O2.ClH/c1-20-10-8-19-7-5-13(11-19)18-15-4-2-3-14(15)16-12-21-9-6-17-16;/h13-18H,2-12H2,1H3;1H. The van der Waals surface area contributed by atoms with Crippen LogP contribution in [0.4, 0.5) is 0 Å². The molecule has 130 valence electrons. The monoisotopic (exact) mass is 333 g/mol. The molecule has 0 bridgehead atoms. The smallest absolute Gasteiger partial charge is 0.0623 e. The maximum absolute atomic E-state index is 5.66. The molecule has 1 aliphatic carbocycles. The molecule has 0 aromatic carbocycles. The molecular weight excluding hydrogens is 302 g/mol. The molecule has 3 fully saturated rings. The highest BCUT2D eigenvalue weighted by atomic mass is 35.5. The van der Waals surface area contributed by atoms with E-state index in [1.54, 1.807) is 7.11 Å². The molecule has 0 amide bonds. The van der Waals surface area contributed by atoms with Gasteiger partial charge in [0.15, 0.2) is 0 Å². The van der Waals surface area contributed by atoms with Gasteiger partial charge in [0.25, 0.3) is 0 Å². The van der Waals surface area contributed by atoms with E-state index < -0.39 is 0 Å². The third kappa shape index (κ3) is 4.79. The van der Waals surface area contributed by atoms with Crippen LogP contribution in [0.3, 0.4) is 0 Å². The number of nitrogens with one attached hydrogen (secondary N) is 2. The zero-order chi connectivity index (χ0) is 14.5. The van der Waals surface area contributed by atoms with Gasteiger partial charge in [0.05, 0.1) is 19.8 Å². The molecule has 0 aromatic rings. The van der Waals surface area contributed by atoms with E-state index in [1.807, 2.05) is 0 Å². The number of nitrogens with zero attached hydrogens (tertiary/aromatic N) is 1. The van der Waals surface area contributed by atoms with Crippen molar-refractivity contribution in [3.63, 3.8) is 0 Å². The predicted octanol–water partition coefficient (Wildman–Crippen LogP) is 0.876. The van der Waals surface area contributed by atoms with Crippen molar-refractivity contribution in [3.8, 4) is 0 Å². The Labute approximate surface area is 140 Å². The fraction of sp³-hybridized carbons (Fsp3) is 1.00. The van der Waals surface area contributed by atoms with E-state index in [0.29, 0.717) is 18.1 Å². The van der Waals surface area contributed by atoms with Gasteiger partial charge < -0.3 is 20.1 Å². The summed E-state index contributed by atoms with van der Waals surface area (Å²) in [6.07, 6.45) is 5.32. The van der Waals surface area contributed by atoms with Crippen LogP contribution in [0.25, 0.3) is 0 Å². The predicted molar refractivity (Wildman–Crippen MR) is 90.8 cm³/mol. The van der Waals surface area contributed by atoms with E-state index >= 15 is 0 Å². The third-order valence-electron chi connectivity index (χ3n) is 5.37. The summed E-state index contributed by atoms with van der Waals surface area (Å²) in [5.41, 5.74) is 0. The Kier molecular flexibility index (Phi) is 7.88. The van der Waals surface area contributed by atoms with Crippen molar-refractivity contribution in [1.82, 2.24) is 15.5 Å². The minimum atomic E-state index is 0. The molecule has 2 saturated heterocycles. The lowest BCUT2D eigenvalue weighted by molar-refractivity contribution is 0.0517. The first-order chi connectivity index (χ1) is 10.4. The van der Waals surface area contributed by atoms with Crippen LogP contribution in [-0.4, -0.2) is 76.1 Å². The minimum absolute atomic E-state index is 0. The van der Waals surface area contributed by atoms with Crippen molar-refractivity contribution in [3.05, 3.63) is 0 Å². The summed E-state index contributed by atoms with van der Waals surface area (Å²) in [6, 6.07) is 1.90. The van der Waals surface area contributed by atoms with E-state index in [1.165, 1.54) is 38.8 Å². The van der Waals surface area contributed by atoms with Crippen LogP contribution in [0.15, 0.2) is 0 Å². The largest absolute Gasteiger partial charge is 0.383 e. The lowest BCUT2D eigenvalue weighted by atomic mass is 9.93. The van der Waals surface area contributed by atoms with Gasteiger partial charge in [-0.2, -0.15) is 0 Å². The number of ether oxygens (including phenoxy) is 2. The first-order valence-electron chi connectivity index (χ1n) is 8.65. The first-order valence-corrected chi connectivity index (χ1v) is 8.65. The maximum Gasteiger partial charge on any atom is 0.0623 e. The summed E-state index contributed by atoms with van der Waals surface area (Å²) < 4.78 is 10.8. The van der Waals surface area contributed by atoms with Crippen molar-refractivity contribution >= 4 is 12.4 Å². The van der Waals surface area contributed by atoms with Gasteiger partial charge in [-0.1, -0.05) is 6.42 Å². The number of morpholine rings is 1. The van der Waals surface area contributed by atoms with Gasteiger partial charge in [-0.3, -0.25) is 4.90 Å². The fourth-order valence-corrected chi connectivity index (χ4v) is 4.23. The molecule has 5 nitrogen and oxygen atoms in total. The van der Waals surface area contributed by atoms with E-state index in [4.69, 9.17) is 9.47 Å². The number of methoxy groups -OCH3 is 1. The van der Waals surface area contributed by atoms with E-state index in [9.17, 15) is 0 Å². The molecule has 3 aliphatic rings. The van der Waals surface area contributed by atoms with Crippen molar-refractivity contribution in [1.29, 1.82) is 0 Å². The second kappa shape index (κ2) is 9.40. The Hall–Kier alpha value is 0.0900. The highest BCUT2D eigenvalue weighted by Gasteiger charge is 2.36. The van der Waals surface area contributed by atoms with Gasteiger partial charge in [-0.25, -0.2) is 0 Å². The summed E-state index contributed by atoms with van der Waals surface area (Å²) in [5, 5.41) is 7.61. The number of hydrogen-bond acceptors (Lipinski definition) is 5. The van der Waals surface area contributed by atoms with Gasteiger partial charge >= 0.3 is 0 Å². The number of halogens is 1. The molecular formula is C16H32ClN3O2. The average Bonchev–Trinajstić information content (AvgIpc) is 3.16. The summed E-state index contributed by atoms with van der Waals surface area (Å²) in [4.78, 5) is 2.52. The van der Waals surface area contributed by atoms with E-state index in [2.05, 4.69) is 15.5 Å². The maximum atomic E-state index is 5.66. The van der Waals surface area contributed by atoms with Crippen LogP contribution >= 0.6 is 12.4 Å². The average molecular weight is 334 g/mol. The van der Waals surface area contributed by atoms with Gasteiger partial charge in [-0.05, 0) is 31.7 Å². The third-order valence-corrected chi connectivity index (χ3v) is 5.37. The summed E-state index contributed by atoms with van der Waals surface area (Å²) in [7, 11) is 1.79. The van der Waals surface area contributed by atoms with Crippen LogP contribution in [0.5, 0.6) is 0 Å². The SMILES string of the molecule is COCCN1CCC(NC2CCCC2C2COCCN2)C1.Cl. The van der Waals surface area contributed by atoms with Gasteiger partial charge in [0.1, 0.15) is 0 Å². The van der Waals surface area contributed by atoms with Gasteiger partial charge in [0.2, 0.25) is 0 Å². The van der Waals surface area contributed by atoms with Crippen molar-refractivity contribution in [2.75, 3.05) is 53.1 Å². The Morgan fingerprint density at radius 2 is 2.23 bits per heavy atom. The Morgan fingerprint density at radius 1 is 1.32 bits per heavy atom. The lowest BCUT2D eigenvalue weighted by Crippen LogP contribution is -2.52. The van der Waals surface area contributed by atoms with Gasteiger partial charge in [0, 0.05) is 44.9 Å². The minimum Gasteiger partial charge on any atom is -0.383 e. The molecule has 2 N–H and O–H groups in total. The fourth-order valence-electron chi connectivity index (χ4n) is 4.23. The van der Waals surface area contributed by atoms with Gasteiger partial charge in [-0.15, -0.1) is 12.4 Å². The molecule has 0 aromatic heterocycles. The van der Waals surface area contributed by atoms with Crippen molar-refractivity contribution < 1.29 is 9.47 Å². The molecule has 2 aliphatic heterocycles. The van der Waals surface area contributed by atoms with Crippen molar-refractivity contribution in [2.24, 2.45) is 5.92 Å². The van der Waals surface area contributed by atoms with Crippen LogP contribution in [0.2, 0.25) is 0 Å². The Morgan fingerprint density at radius 3 is 3.00 bits per heavy atom. The van der Waals surface area contributed by atoms with Crippen molar-refractivity contribution in [2.45, 2.75) is 43.8 Å². The molecule has 3 rings (SSSR count). The summed E-state index contributed by atoms with van der Waals surface area (Å²) in [5.74, 6) is 0.748. The molecule has 0 spiro atoms. The quantitative estimate of drug-likeness (QED) is 0.755. The molecule has 2 heterocycles. The second-order valence-electron chi connectivity index (χ2n) is 6.78. The summed E-state index contributed by atoms with van der Waals surface area (Å²) >= 11 is 0. The summed E-state index contributed by atoms with van der Waals surface area (Å²) in [6.45, 7) is 7.10. The molecule has 1 saturated carbocycles. The molecule has 0 radical (unpaired) electrons. The Bertz CT molecular complexity index is 316. The van der Waals surface area contributed by atoms with E-state index in [0.717, 1.165) is 38.8 Å². The topological polar surface area (TPSA) is 45.8 Å². The Balaban J connectivity index is 0.00000176. The normalized spacial score (nSPS) is 36.4. The number of rotatable bonds is 6. The molecule has 6 heteroatoms. The molecule has 22 heavy (non-hydrogen) atoms. The van der Waals surface area contributed by atoms with Crippen LogP contribution in [-0.2, 0) is 9.47 Å². The highest BCUT2D eigenvalue weighted by molar-refractivity contribution is 5.85. The van der Waals surface area contributed by atoms with Crippen LogP contribution in [0, 0.1) is 5.92 Å². The second-order valence-corrected chi connectivity index (χ2v) is 6.78. The first kappa shape index (κ1) is 18.4. The van der Waals surface area contributed by atoms with E-state index in [-0.39, 0.29) is 12.4 Å². The highest BCUT2D eigenvalue weighted by Crippen LogP contribution is 2.30. The molecule has 4 unspecified atom stereocenters. The number of hydrogen-bond donors (Lipinski definition) is 2. The molecule has 4 atom stereocenters. The number of likely N-dealkylation sites (tertiary alicyclic amines) is 1.